The van der Waals surface area contributed by atoms with Crippen LogP contribution in [0, 0.1) is 15.5 Å². The zero-order chi connectivity index (χ0) is 16.2. The third-order valence-corrected chi connectivity index (χ3v) is 3.19. The molecule has 1 rings (SSSR count). The molecule has 7 nitrogen and oxygen atoms in total. The van der Waals surface area contributed by atoms with E-state index in [1.54, 1.807) is 6.92 Å². The summed E-state index contributed by atoms with van der Waals surface area (Å²) in [5.74, 6) is -1.56. The Morgan fingerprint density at radius 1 is 1.38 bits per heavy atom. The minimum Gasteiger partial charge on any atom is -0.481 e. The number of carboxylic acids is 1. The van der Waals surface area contributed by atoms with E-state index >= 15 is 0 Å². The lowest BCUT2D eigenvalue weighted by Gasteiger charge is -2.19. The van der Waals surface area contributed by atoms with Crippen LogP contribution in [-0.2, 0) is 11.2 Å². The molecule has 114 valence electrons. The maximum Gasteiger partial charge on any atom is 0.310 e. The standard InChI is InChI=1S/C14H18N2O5/c1-4-9-5-6-10(7-11(9)16(20)21)12(17)15-8-14(2,3)13(18)19/h5-7H,4,8H2,1-3H3,(H,15,17)(H,18,19). The largest absolute Gasteiger partial charge is 0.481 e. The number of nitro groups is 1. The number of aliphatic carboxylic acids is 1. The highest BCUT2D eigenvalue weighted by Gasteiger charge is 2.28. The van der Waals surface area contributed by atoms with Crippen LogP contribution in [0.3, 0.4) is 0 Å². The lowest BCUT2D eigenvalue weighted by atomic mass is 9.94. The van der Waals surface area contributed by atoms with Crippen molar-refractivity contribution < 1.29 is 19.6 Å². The molecule has 1 amide bonds. The Morgan fingerprint density at radius 2 is 2.00 bits per heavy atom. The number of carbonyl (C=O) groups excluding carboxylic acids is 1. The number of carboxylic acid groups (broad SMARTS) is 1. The van der Waals surface area contributed by atoms with Crippen LogP contribution in [0.5, 0.6) is 0 Å². The summed E-state index contributed by atoms with van der Waals surface area (Å²) in [6.45, 7) is 4.69. The van der Waals surface area contributed by atoms with Crippen molar-refractivity contribution in [2.24, 2.45) is 5.41 Å². The Bertz CT molecular complexity index is 581. The molecule has 1 aromatic carbocycles. The number of hydrogen-bond acceptors (Lipinski definition) is 4. The van der Waals surface area contributed by atoms with Gasteiger partial charge in [-0.25, -0.2) is 0 Å². The van der Waals surface area contributed by atoms with Gasteiger partial charge >= 0.3 is 5.97 Å². The van der Waals surface area contributed by atoms with Crippen molar-refractivity contribution in [2.45, 2.75) is 27.2 Å². The molecule has 0 aliphatic carbocycles. The molecule has 7 heteroatoms. The highest BCUT2D eigenvalue weighted by atomic mass is 16.6. The number of nitrogens with zero attached hydrogens (tertiary/aromatic N) is 1. The lowest BCUT2D eigenvalue weighted by Crippen LogP contribution is -2.38. The summed E-state index contributed by atoms with van der Waals surface area (Å²) >= 11 is 0. The van der Waals surface area contributed by atoms with Gasteiger partial charge in [0.25, 0.3) is 11.6 Å². The second-order valence-electron chi connectivity index (χ2n) is 5.33. The molecule has 0 saturated carbocycles. The Morgan fingerprint density at radius 3 is 2.48 bits per heavy atom. The summed E-state index contributed by atoms with van der Waals surface area (Å²) in [4.78, 5) is 33.3. The SMILES string of the molecule is CCc1ccc(C(=O)NCC(C)(C)C(=O)O)cc1[N+](=O)[O-]. The topological polar surface area (TPSA) is 110 Å². The number of amides is 1. The highest BCUT2D eigenvalue weighted by molar-refractivity contribution is 5.95. The summed E-state index contributed by atoms with van der Waals surface area (Å²) in [6, 6.07) is 4.24. The number of nitrogens with one attached hydrogen (secondary N) is 1. The van der Waals surface area contributed by atoms with Crippen molar-refractivity contribution in [1.29, 1.82) is 0 Å². The monoisotopic (exact) mass is 294 g/mol. The average molecular weight is 294 g/mol. The summed E-state index contributed by atoms with van der Waals surface area (Å²) in [7, 11) is 0. The molecule has 1 aromatic rings. The Labute approximate surface area is 122 Å². The van der Waals surface area contributed by atoms with E-state index in [9.17, 15) is 19.7 Å². The first-order valence-corrected chi connectivity index (χ1v) is 6.48. The van der Waals surface area contributed by atoms with Crippen molar-refractivity contribution in [1.82, 2.24) is 5.32 Å². The average Bonchev–Trinajstić information content (AvgIpc) is 2.43. The van der Waals surface area contributed by atoms with Gasteiger partial charge in [-0.1, -0.05) is 13.0 Å². The Balaban J connectivity index is 2.91. The third kappa shape index (κ3) is 4.01. The summed E-state index contributed by atoms with van der Waals surface area (Å²) in [5.41, 5.74) is -0.532. The van der Waals surface area contributed by atoms with Crippen molar-refractivity contribution in [3.8, 4) is 0 Å². The minimum absolute atomic E-state index is 0.0650. The summed E-state index contributed by atoms with van der Waals surface area (Å²) in [5, 5.41) is 22.4. The van der Waals surface area contributed by atoms with Gasteiger partial charge < -0.3 is 10.4 Å². The predicted molar refractivity (Wildman–Crippen MR) is 76.2 cm³/mol. The van der Waals surface area contributed by atoms with E-state index in [0.717, 1.165) is 0 Å². The first-order valence-electron chi connectivity index (χ1n) is 6.48. The van der Waals surface area contributed by atoms with Gasteiger partial charge in [0.1, 0.15) is 0 Å². The highest BCUT2D eigenvalue weighted by Crippen LogP contribution is 2.21. The number of aryl methyl sites for hydroxylation is 1. The molecular formula is C14H18N2O5. The molecular weight excluding hydrogens is 276 g/mol. The zero-order valence-corrected chi connectivity index (χ0v) is 12.2. The van der Waals surface area contributed by atoms with E-state index in [2.05, 4.69) is 5.32 Å². The van der Waals surface area contributed by atoms with Crippen molar-refractivity contribution in [2.75, 3.05) is 6.54 Å². The van der Waals surface area contributed by atoms with Gasteiger partial charge in [0, 0.05) is 23.7 Å². The first kappa shape index (κ1) is 16.6. The molecule has 0 fully saturated rings. The Hall–Kier alpha value is -2.44. The fraction of sp³-hybridized carbons (Fsp3) is 0.429. The molecule has 0 atom stereocenters. The second-order valence-corrected chi connectivity index (χ2v) is 5.33. The molecule has 0 heterocycles. The fourth-order valence-electron chi connectivity index (χ4n) is 1.65. The molecule has 0 saturated heterocycles. The zero-order valence-electron chi connectivity index (χ0n) is 12.2. The van der Waals surface area contributed by atoms with Gasteiger partial charge in [0.15, 0.2) is 0 Å². The molecule has 21 heavy (non-hydrogen) atoms. The van der Waals surface area contributed by atoms with Crippen LogP contribution in [0.25, 0.3) is 0 Å². The molecule has 0 radical (unpaired) electrons. The van der Waals surface area contributed by atoms with Gasteiger partial charge in [0.2, 0.25) is 0 Å². The van der Waals surface area contributed by atoms with Crippen molar-refractivity contribution in [3.63, 3.8) is 0 Å². The van der Waals surface area contributed by atoms with Gasteiger partial charge in [-0.05, 0) is 26.3 Å². The van der Waals surface area contributed by atoms with Crippen LogP contribution in [0.4, 0.5) is 5.69 Å². The van der Waals surface area contributed by atoms with Crippen LogP contribution >= 0.6 is 0 Å². The molecule has 0 aliphatic rings. The van der Waals surface area contributed by atoms with Crippen LogP contribution in [0.1, 0.15) is 36.7 Å². The van der Waals surface area contributed by atoms with E-state index in [1.165, 1.54) is 32.0 Å². The first-order chi connectivity index (χ1) is 9.69. The summed E-state index contributed by atoms with van der Waals surface area (Å²) < 4.78 is 0. The maximum atomic E-state index is 12.0. The third-order valence-electron chi connectivity index (χ3n) is 3.19. The number of benzene rings is 1. The number of carbonyl (C=O) groups is 2. The molecule has 0 aromatic heterocycles. The van der Waals surface area contributed by atoms with E-state index in [-0.39, 0.29) is 17.8 Å². The number of rotatable bonds is 6. The van der Waals surface area contributed by atoms with E-state index in [1.807, 2.05) is 0 Å². The van der Waals surface area contributed by atoms with Gasteiger partial charge in [-0.2, -0.15) is 0 Å². The second kappa shape index (κ2) is 6.34. The van der Waals surface area contributed by atoms with Crippen LogP contribution in [0.2, 0.25) is 0 Å². The minimum atomic E-state index is -1.11. The van der Waals surface area contributed by atoms with E-state index in [0.29, 0.717) is 12.0 Å². The van der Waals surface area contributed by atoms with Gasteiger partial charge in [-0.15, -0.1) is 0 Å². The number of nitro benzene ring substituents is 1. The number of hydrogen-bond donors (Lipinski definition) is 2. The van der Waals surface area contributed by atoms with E-state index in [4.69, 9.17) is 5.11 Å². The van der Waals surface area contributed by atoms with Gasteiger partial charge in [-0.3, -0.25) is 19.7 Å². The van der Waals surface area contributed by atoms with E-state index < -0.39 is 22.2 Å². The molecule has 0 bridgehead atoms. The Kier molecular flexibility index (Phi) is 5.02. The van der Waals surface area contributed by atoms with Crippen LogP contribution < -0.4 is 5.32 Å². The fourth-order valence-corrected chi connectivity index (χ4v) is 1.65. The molecule has 0 spiro atoms. The quantitative estimate of drug-likeness (QED) is 0.616. The smallest absolute Gasteiger partial charge is 0.310 e. The maximum absolute atomic E-state index is 12.0. The normalized spacial score (nSPS) is 11.0. The predicted octanol–water partition coefficient (Wildman–Crippen LogP) is 2.00. The molecule has 0 aliphatic heterocycles. The van der Waals surface area contributed by atoms with Crippen LogP contribution in [-0.4, -0.2) is 28.5 Å². The van der Waals surface area contributed by atoms with Crippen molar-refractivity contribution in [3.05, 3.63) is 39.4 Å². The molecule has 0 unspecified atom stereocenters. The summed E-state index contributed by atoms with van der Waals surface area (Å²) in [6.07, 6.45) is 0.490. The van der Waals surface area contributed by atoms with Crippen molar-refractivity contribution >= 4 is 17.6 Å². The van der Waals surface area contributed by atoms with Gasteiger partial charge in [0.05, 0.1) is 10.3 Å². The lowest BCUT2D eigenvalue weighted by molar-refractivity contribution is -0.385. The van der Waals surface area contributed by atoms with Crippen LogP contribution in [0.15, 0.2) is 18.2 Å². The molecule has 2 N–H and O–H groups in total.